The summed E-state index contributed by atoms with van der Waals surface area (Å²) in [5, 5.41) is 12.9. The Morgan fingerprint density at radius 3 is 2.78 bits per heavy atom. The van der Waals surface area contributed by atoms with Gasteiger partial charge in [0.05, 0.1) is 5.69 Å². The first-order chi connectivity index (χ1) is 15.6. The summed E-state index contributed by atoms with van der Waals surface area (Å²) in [6.07, 6.45) is 4.92. The largest absolute Gasteiger partial charge is 0.491 e. The van der Waals surface area contributed by atoms with Crippen LogP contribution < -0.4 is 10.1 Å². The van der Waals surface area contributed by atoms with Gasteiger partial charge in [-0.15, -0.1) is 0 Å². The molecule has 32 heavy (non-hydrogen) atoms. The number of likely N-dealkylation sites (N-methyl/N-ethyl adjacent to an activating group) is 1. The Balaban J connectivity index is 1.67. The molecule has 0 bridgehead atoms. The molecule has 3 heterocycles. The summed E-state index contributed by atoms with van der Waals surface area (Å²) in [4.78, 5) is 14.0. The monoisotopic (exact) mass is 434 g/mol. The minimum absolute atomic E-state index is 0.217. The van der Waals surface area contributed by atoms with Crippen LogP contribution >= 0.6 is 0 Å². The van der Waals surface area contributed by atoms with E-state index in [0.29, 0.717) is 24.0 Å². The number of hydrogen-bond acceptors (Lipinski definition) is 7. The Morgan fingerprint density at radius 1 is 1.19 bits per heavy atom. The Kier molecular flexibility index (Phi) is 7.42. The molecule has 0 aliphatic carbocycles. The lowest BCUT2D eigenvalue weighted by Crippen LogP contribution is -2.29. The maximum absolute atomic E-state index is 9.93. The second kappa shape index (κ2) is 10.6. The molecular weight excluding hydrogens is 404 g/mol. The highest BCUT2D eigenvalue weighted by Gasteiger charge is 2.21. The van der Waals surface area contributed by atoms with Gasteiger partial charge in [-0.05, 0) is 62.6 Å². The highest BCUT2D eigenvalue weighted by atomic mass is 16.5. The summed E-state index contributed by atoms with van der Waals surface area (Å²) in [5.74, 6) is 1.82. The first-order valence-electron chi connectivity index (χ1n) is 11.1. The number of nitrogens with one attached hydrogen (secondary N) is 1. The Morgan fingerprint density at radius 2 is 2.03 bits per heavy atom. The molecule has 4 rings (SSSR count). The molecule has 7 heteroatoms. The van der Waals surface area contributed by atoms with E-state index in [4.69, 9.17) is 19.4 Å². The SMILES string of the molecule is CNCC(O)COc1cccc(-c2nc(C[C@H]3CCOC3)c(C)c(-c3ccncc3)n2)c1. The van der Waals surface area contributed by atoms with Crippen LogP contribution in [0, 0.1) is 12.8 Å². The second-order valence-electron chi connectivity index (χ2n) is 8.19. The van der Waals surface area contributed by atoms with E-state index in [9.17, 15) is 5.11 Å². The zero-order valence-corrected chi connectivity index (χ0v) is 18.6. The molecule has 7 nitrogen and oxygen atoms in total. The zero-order chi connectivity index (χ0) is 22.3. The molecule has 1 aliphatic rings. The van der Waals surface area contributed by atoms with Gasteiger partial charge in [0.15, 0.2) is 5.82 Å². The Hall–Kier alpha value is -2.87. The van der Waals surface area contributed by atoms with Crippen molar-refractivity contribution in [2.75, 3.05) is 33.4 Å². The average Bonchev–Trinajstić information content (AvgIpc) is 3.33. The van der Waals surface area contributed by atoms with Crippen LogP contribution in [-0.4, -0.2) is 59.6 Å². The van der Waals surface area contributed by atoms with E-state index in [-0.39, 0.29) is 6.61 Å². The van der Waals surface area contributed by atoms with Gasteiger partial charge in [0.25, 0.3) is 0 Å². The smallest absolute Gasteiger partial charge is 0.160 e. The van der Waals surface area contributed by atoms with Gasteiger partial charge in [-0.2, -0.15) is 0 Å². The highest BCUT2D eigenvalue weighted by Crippen LogP contribution is 2.30. The van der Waals surface area contributed by atoms with Crippen LogP contribution in [0.5, 0.6) is 5.75 Å². The molecule has 0 spiro atoms. The van der Waals surface area contributed by atoms with Gasteiger partial charge in [0, 0.05) is 49.0 Å². The number of aliphatic hydroxyl groups excluding tert-OH is 1. The lowest BCUT2D eigenvalue weighted by molar-refractivity contribution is 0.108. The van der Waals surface area contributed by atoms with Crippen LogP contribution in [0.15, 0.2) is 48.8 Å². The molecule has 2 N–H and O–H groups in total. The number of pyridine rings is 1. The summed E-state index contributed by atoms with van der Waals surface area (Å²) < 4.78 is 11.4. The molecule has 0 amide bonds. The van der Waals surface area contributed by atoms with Gasteiger partial charge < -0.3 is 19.9 Å². The number of aromatic nitrogens is 3. The van der Waals surface area contributed by atoms with Crippen molar-refractivity contribution < 1.29 is 14.6 Å². The summed E-state index contributed by atoms with van der Waals surface area (Å²) in [6, 6.07) is 11.7. The number of ether oxygens (including phenoxy) is 2. The zero-order valence-electron chi connectivity index (χ0n) is 18.6. The van der Waals surface area contributed by atoms with Crippen LogP contribution in [0.2, 0.25) is 0 Å². The van der Waals surface area contributed by atoms with E-state index in [2.05, 4.69) is 17.2 Å². The Labute approximate surface area is 188 Å². The minimum atomic E-state index is -0.571. The second-order valence-corrected chi connectivity index (χ2v) is 8.19. The maximum atomic E-state index is 9.93. The van der Waals surface area contributed by atoms with Crippen molar-refractivity contribution in [2.45, 2.75) is 25.9 Å². The van der Waals surface area contributed by atoms with Crippen molar-refractivity contribution in [3.8, 4) is 28.4 Å². The van der Waals surface area contributed by atoms with E-state index in [1.807, 2.05) is 36.4 Å². The normalized spacial score (nSPS) is 16.8. The number of nitrogens with zero attached hydrogens (tertiary/aromatic N) is 3. The lowest BCUT2D eigenvalue weighted by atomic mass is 9.97. The molecule has 1 unspecified atom stereocenters. The number of benzene rings is 1. The topological polar surface area (TPSA) is 89.4 Å². The lowest BCUT2D eigenvalue weighted by Gasteiger charge is -2.16. The van der Waals surface area contributed by atoms with Crippen molar-refractivity contribution in [3.05, 3.63) is 60.0 Å². The average molecular weight is 435 g/mol. The fraction of sp³-hybridized carbons (Fsp3) is 0.400. The summed E-state index contributed by atoms with van der Waals surface area (Å²) in [5.41, 5.74) is 4.96. The predicted octanol–water partition coefficient (Wildman–Crippen LogP) is 3.05. The van der Waals surface area contributed by atoms with Crippen LogP contribution in [0.4, 0.5) is 0 Å². The molecule has 1 saturated heterocycles. The van der Waals surface area contributed by atoms with Crippen molar-refractivity contribution >= 4 is 0 Å². The van der Waals surface area contributed by atoms with E-state index in [1.165, 1.54) is 0 Å². The third kappa shape index (κ3) is 5.48. The van der Waals surface area contributed by atoms with Crippen molar-refractivity contribution in [3.63, 3.8) is 0 Å². The third-order valence-corrected chi connectivity index (χ3v) is 5.68. The molecule has 1 fully saturated rings. The predicted molar refractivity (Wildman–Crippen MR) is 123 cm³/mol. The van der Waals surface area contributed by atoms with Crippen molar-refractivity contribution in [2.24, 2.45) is 5.92 Å². The van der Waals surface area contributed by atoms with Gasteiger partial charge in [-0.1, -0.05) is 12.1 Å². The van der Waals surface area contributed by atoms with E-state index >= 15 is 0 Å². The minimum Gasteiger partial charge on any atom is -0.491 e. The number of aliphatic hydroxyl groups is 1. The van der Waals surface area contributed by atoms with Crippen molar-refractivity contribution in [1.82, 2.24) is 20.3 Å². The molecular formula is C25H30N4O3. The molecule has 0 radical (unpaired) electrons. The Bertz CT molecular complexity index is 1020. The standard InChI is InChI=1S/C25H30N4O3/c1-17-23(12-18-8-11-31-15-18)28-25(29-24(17)19-6-9-27-10-7-19)20-4-3-5-22(13-20)32-16-21(30)14-26-2/h3-7,9-10,13,18,21,26,30H,8,11-12,14-16H2,1-2H3/t18-,21?/m1/s1. The van der Waals surface area contributed by atoms with Gasteiger partial charge >= 0.3 is 0 Å². The molecule has 0 saturated carbocycles. The molecule has 3 aromatic rings. The molecule has 2 aromatic heterocycles. The van der Waals surface area contributed by atoms with E-state index < -0.39 is 6.10 Å². The summed E-state index contributed by atoms with van der Waals surface area (Å²) >= 11 is 0. The fourth-order valence-corrected chi connectivity index (χ4v) is 3.91. The molecule has 168 valence electrons. The van der Waals surface area contributed by atoms with Crippen LogP contribution in [-0.2, 0) is 11.2 Å². The van der Waals surface area contributed by atoms with Gasteiger partial charge in [0.2, 0.25) is 0 Å². The number of hydrogen-bond donors (Lipinski definition) is 2. The third-order valence-electron chi connectivity index (χ3n) is 5.68. The van der Waals surface area contributed by atoms with Crippen LogP contribution in [0.1, 0.15) is 17.7 Å². The van der Waals surface area contributed by atoms with Gasteiger partial charge in [-0.25, -0.2) is 9.97 Å². The first kappa shape index (κ1) is 22.3. The maximum Gasteiger partial charge on any atom is 0.160 e. The molecule has 1 aromatic carbocycles. The highest BCUT2D eigenvalue weighted by molar-refractivity contribution is 5.67. The van der Waals surface area contributed by atoms with E-state index in [0.717, 1.165) is 54.1 Å². The quantitative estimate of drug-likeness (QED) is 0.535. The summed E-state index contributed by atoms with van der Waals surface area (Å²) in [7, 11) is 1.80. The first-order valence-corrected chi connectivity index (χ1v) is 11.1. The molecule has 1 aliphatic heterocycles. The van der Waals surface area contributed by atoms with E-state index in [1.54, 1.807) is 19.4 Å². The van der Waals surface area contributed by atoms with Gasteiger partial charge in [-0.3, -0.25) is 4.98 Å². The molecule has 2 atom stereocenters. The van der Waals surface area contributed by atoms with Crippen LogP contribution in [0.25, 0.3) is 22.6 Å². The number of rotatable bonds is 9. The van der Waals surface area contributed by atoms with Crippen molar-refractivity contribution in [1.29, 1.82) is 0 Å². The fourth-order valence-electron chi connectivity index (χ4n) is 3.91. The van der Waals surface area contributed by atoms with Crippen LogP contribution in [0.3, 0.4) is 0 Å². The summed E-state index contributed by atoms with van der Waals surface area (Å²) in [6.45, 7) is 4.38. The van der Waals surface area contributed by atoms with Gasteiger partial charge in [0.1, 0.15) is 18.5 Å².